The van der Waals surface area contributed by atoms with E-state index in [1.807, 2.05) is 11.8 Å². The molecule has 2 aliphatic heterocycles. The van der Waals surface area contributed by atoms with Gasteiger partial charge in [-0.2, -0.15) is 0 Å². The molecule has 0 aromatic heterocycles. The van der Waals surface area contributed by atoms with E-state index >= 15 is 0 Å². The highest BCUT2D eigenvalue weighted by Crippen LogP contribution is 2.34. The highest BCUT2D eigenvalue weighted by Gasteiger charge is 2.32. The molecule has 10 heavy (non-hydrogen) atoms. The molecule has 1 unspecified atom stereocenters. The summed E-state index contributed by atoms with van der Waals surface area (Å²) in [6.45, 7) is 2.15. The van der Waals surface area contributed by atoms with E-state index in [0.717, 1.165) is 19.0 Å². The van der Waals surface area contributed by atoms with Crippen molar-refractivity contribution in [2.45, 2.75) is 11.2 Å². The van der Waals surface area contributed by atoms with Crippen LogP contribution in [-0.2, 0) is 0 Å². The Morgan fingerprint density at radius 1 is 1.60 bits per heavy atom. The largest absolute Gasteiger partial charge is 0.389 e. The zero-order valence-corrected chi connectivity index (χ0v) is 6.66. The third-order valence-corrected chi connectivity index (χ3v) is 3.41. The summed E-state index contributed by atoms with van der Waals surface area (Å²) >= 11 is 1.96. The second-order valence-corrected chi connectivity index (χ2v) is 4.11. The van der Waals surface area contributed by atoms with Gasteiger partial charge in [0.15, 0.2) is 0 Å². The van der Waals surface area contributed by atoms with E-state index in [0.29, 0.717) is 4.75 Å². The lowest BCUT2D eigenvalue weighted by molar-refractivity contribution is 0.578. The number of nitrogens with zero attached hydrogens (tertiary/aromatic N) is 1. The van der Waals surface area contributed by atoms with Crippen LogP contribution in [0, 0.1) is 0 Å². The second kappa shape index (κ2) is 2.47. The van der Waals surface area contributed by atoms with Crippen molar-refractivity contribution in [2.24, 2.45) is 0 Å². The van der Waals surface area contributed by atoms with Gasteiger partial charge in [-0.1, -0.05) is 6.08 Å². The molecule has 2 nitrogen and oxygen atoms in total. The molecule has 2 aliphatic rings. The number of hydrogen-bond acceptors (Lipinski definition) is 2. The normalized spacial score (nSPS) is 38.4. The van der Waals surface area contributed by atoms with Crippen molar-refractivity contribution < 1.29 is 0 Å². The number of thioether (sulfide) groups is 1. The molecular weight excluding hydrogens is 144 g/mol. The van der Waals surface area contributed by atoms with E-state index in [1.165, 1.54) is 6.42 Å². The molecule has 0 aliphatic carbocycles. The lowest BCUT2D eigenvalue weighted by Crippen LogP contribution is -2.36. The monoisotopic (exact) mass is 155 g/mol. The first-order valence-corrected chi connectivity index (χ1v) is 4.58. The van der Waals surface area contributed by atoms with Crippen LogP contribution in [0.5, 0.6) is 0 Å². The molecule has 0 aromatic carbocycles. The third kappa shape index (κ3) is 1.04. The molecule has 0 bridgehead atoms. The molecule has 0 saturated carbocycles. The minimum absolute atomic E-state index is 0.405. The summed E-state index contributed by atoms with van der Waals surface area (Å²) in [5.41, 5.74) is 0. The maximum atomic E-state index is 4.30. The van der Waals surface area contributed by atoms with Crippen molar-refractivity contribution in [3.05, 3.63) is 12.3 Å². The van der Waals surface area contributed by atoms with Crippen LogP contribution in [0.3, 0.4) is 0 Å². The summed E-state index contributed by atoms with van der Waals surface area (Å²) in [6.07, 6.45) is 5.56. The van der Waals surface area contributed by atoms with Crippen molar-refractivity contribution in [1.82, 2.24) is 10.6 Å². The minimum atomic E-state index is 0.405. The highest BCUT2D eigenvalue weighted by atomic mass is 32.2. The number of rotatable bonds is 0. The quantitative estimate of drug-likeness (QED) is 0.552. The lowest BCUT2D eigenvalue weighted by atomic mass is 10.1. The molecule has 1 saturated heterocycles. The number of hydrogen-bond donors (Lipinski definition) is 1. The van der Waals surface area contributed by atoms with Crippen LogP contribution >= 0.6 is 11.8 Å². The predicted octanol–water partition coefficient (Wildman–Crippen LogP) is 0.541. The van der Waals surface area contributed by atoms with Gasteiger partial charge in [-0.05, 0) is 12.6 Å². The first-order valence-electron chi connectivity index (χ1n) is 3.60. The molecule has 1 radical (unpaired) electrons. The van der Waals surface area contributed by atoms with Crippen LogP contribution < -0.4 is 10.6 Å². The second-order valence-electron chi connectivity index (χ2n) is 2.75. The molecule has 2 heterocycles. The summed E-state index contributed by atoms with van der Waals surface area (Å²) in [7, 11) is 0. The molecule has 1 N–H and O–H groups in total. The van der Waals surface area contributed by atoms with E-state index in [-0.39, 0.29) is 0 Å². The van der Waals surface area contributed by atoms with Crippen LogP contribution in [0.25, 0.3) is 0 Å². The van der Waals surface area contributed by atoms with Crippen molar-refractivity contribution in [1.29, 1.82) is 0 Å². The molecule has 3 heteroatoms. The fourth-order valence-corrected chi connectivity index (χ4v) is 2.41. The summed E-state index contributed by atoms with van der Waals surface area (Å²) in [6, 6.07) is 0. The fourth-order valence-electron chi connectivity index (χ4n) is 1.35. The van der Waals surface area contributed by atoms with Crippen LogP contribution in [-0.4, -0.2) is 23.7 Å². The Kier molecular flexibility index (Phi) is 1.62. The third-order valence-electron chi connectivity index (χ3n) is 2.04. The van der Waals surface area contributed by atoms with Gasteiger partial charge in [0, 0.05) is 13.1 Å². The molecule has 55 valence electrons. The maximum absolute atomic E-state index is 4.30. The Bertz CT molecular complexity index is 150. The zero-order valence-electron chi connectivity index (χ0n) is 5.84. The van der Waals surface area contributed by atoms with Gasteiger partial charge in [0.1, 0.15) is 0 Å². The number of nitrogens with one attached hydrogen (secondary N) is 1. The topological polar surface area (TPSA) is 26.1 Å². The van der Waals surface area contributed by atoms with E-state index in [4.69, 9.17) is 0 Å². The predicted molar refractivity (Wildman–Crippen MR) is 43.9 cm³/mol. The van der Waals surface area contributed by atoms with E-state index in [1.54, 1.807) is 0 Å². The Balaban J connectivity index is 2.05. The molecule has 0 amide bonds. The van der Waals surface area contributed by atoms with Gasteiger partial charge < -0.3 is 5.32 Å². The van der Waals surface area contributed by atoms with Gasteiger partial charge >= 0.3 is 0 Å². The summed E-state index contributed by atoms with van der Waals surface area (Å²) in [5.74, 6) is 0.978. The van der Waals surface area contributed by atoms with Gasteiger partial charge in [-0.3, -0.25) is 0 Å². The SMILES string of the molecule is C1=CC2(CC[N]CS2)CN1. The van der Waals surface area contributed by atoms with E-state index < -0.39 is 0 Å². The summed E-state index contributed by atoms with van der Waals surface area (Å²) in [4.78, 5) is 0. The van der Waals surface area contributed by atoms with Crippen molar-refractivity contribution in [3.8, 4) is 0 Å². The van der Waals surface area contributed by atoms with Crippen LogP contribution in [0.1, 0.15) is 6.42 Å². The Labute approximate surface area is 65.5 Å². The van der Waals surface area contributed by atoms with Gasteiger partial charge in [-0.25, -0.2) is 5.32 Å². The van der Waals surface area contributed by atoms with Crippen LogP contribution in [0.15, 0.2) is 12.3 Å². The van der Waals surface area contributed by atoms with Crippen LogP contribution in [0.2, 0.25) is 0 Å². The standard InChI is InChI=1S/C7H11N2S/c1-3-8-5-7(1)2-4-9-6-10-7/h1,3,8H,2,4-6H2. The average Bonchev–Trinajstić information content (AvgIpc) is 2.39. The first kappa shape index (κ1) is 6.55. The van der Waals surface area contributed by atoms with E-state index in [9.17, 15) is 0 Å². The van der Waals surface area contributed by atoms with E-state index in [2.05, 4.69) is 22.9 Å². The molecule has 1 spiro atoms. The fraction of sp³-hybridized carbons (Fsp3) is 0.714. The highest BCUT2D eigenvalue weighted by molar-refractivity contribution is 8.00. The zero-order chi connectivity index (χ0) is 6.86. The van der Waals surface area contributed by atoms with Gasteiger partial charge in [0.2, 0.25) is 0 Å². The molecular formula is C7H11N2S. The van der Waals surface area contributed by atoms with Crippen molar-refractivity contribution in [2.75, 3.05) is 19.0 Å². The Morgan fingerprint density at radius 2 is 2.60 bits per heavy atom. The molecule has 1 atom stereocenters. The van der Waals surface area contributed by atoms with Gasteiger partial charge in [0.05, 0.1) is 10.6 Å². The Hall–Kier alpha value is -0.150. The lowest BCUT2D eigenvalue weighted by Gasteiger charge is -2.29. The summed E-state index contributed by atoms with van der Waals surface area (Å²) in [5, 5.41) is 7.54. The van der Waals surface area contributed by atoms with Gasteiger partial charge in [0.25, 0.3) is 0 Å². The first-order chi connectivity index (χ1) is 4.91. The summed E-state index contributed by atoms with van der Waals surface area (Å²) < 4.78 is 0.405. The minimum Gasteiger partial charge on any atom is -0.389 e. The molecule has 2 rings (SSSR count). The maximum Gasteiger partial charge on any atom is 0.0599 e. The van der Waals surface area contributed by atoms with Gasteiger partial charge in [-0.15, -0.1) is 11.8 Å². The average molecular weight is 155 g/mol. The van der Waals surface area contributed by atoms with Crippen molar-refractivity contribution >= 4 is 11.8 Å². The van der Waals surface area contributed by atoms with Crippen LogP contribution in [0.4, 0.5) is 0 Å². The molecule has 0 aromatic rings. The molecule has 1 fully saturated rings. The Morgan fingerprint density at radius 3 is 3.20 bits per heavy atom. The van der Waals surface area contributed by atoms with Crippen molar-refractivity contribution in [3.63, 3.8) is 0 Å². The smallest absolute Gasteiger partial charge is 0.0599 e.